The van der Waals surface area contributed by atoms with Crippen molar-refractivity contribution in [2.24, 2.45) is 0 Å². The van der Waals surface area contributed by atoms with Gasteiger partial charge in [-0.25, -0.2) is 4.79 Å². The number of aliphatic hydroxyl groups is 1. The maximum Gasteiger partial charge on any atom is 0.335 e. The van der Waals surface area contributed by atoms with Crippen LogP contribution in [0.4, 0.5) is 0 Å². The first-order chi connectivity index (χ1) is 15.0. The molecule has 2 aliphatic rings. The van der Waals surface area contributed by atoms with Gasteiger partial charge < -0.3 is 15.1 Å². The van der Waals surface area contributed by atoms with Crippen molar-refractivity contribution in [2.75, 3.05) is 6.54 Å². The van der Waals surface area contributed by atoms with E-state index in [-0.39, 0.29) is 29.0 Å². The third kappa shape index (κ3) is 4.52. The lowest BCUT2D eigenvalue weighted by Gasteiger charge is -2.46. The Bertz CT molecular complexity index is 905. The lowest BCUT2D eigenvalue weighted by atomic mass is 9.60. The van der Waals surface area contributed by atoms with Crippen molar-refractivity contribution in [3.05, 3.63) is 71.3 Å². The molecule has 1 saturated carbocycles. The summed E-state index contributed by atoms with van der Waals surface area (Å²) in [5, 5.41) is 20.1. The van der Waals surface area contributed by atoms with Gasteiger partial charge in [-0.05, 0) is 61.8 Å². The Kier molecular flexibility index (Phi) is 6.42. The smallest absolute Gasteiger partial charge is 0.335 e. The number of carbonyl (C=O) groups is 2. The van der Waals surface area contributed by atoms with E-state index >= 15 is 0 Å². The molecule has 0 aromatic heterocycles. The fourth-order valence-electron chi connectivity index (χ4n) is 5.23. The van der Waals surface area contributed by atoms with Crippen LogP contribution >= 0.6 is 0 Å². The fraction of sp³-hybridized carbons (Fsp3) is 0.462. The zero-order chi connectivity index (χ0) is 21.8. The van der Waals surface area contributed by atoms with E-state index in [9.17, 15) is 14.7 Å². The third-order valence-electron chi connectivity index (χ3n) is 7.30. The number of carboxylic acids is 1. The van der Waals surface area contributed by atoms with Crippen molar-refractivity contribution in [2.45, 2.75) is 68.9 Å². The Morgan fingerprint density at radius 2 is 1.81 bits per heavy atom. The van der Waals surface area contributed by atoms with Crippen LogP contribution in [0.1, 0.15) is 66.4 Å². The van der Waals surface area contributed by atoms with Gasteiger partial charge in [0.15, 0.2) is 0 Å². The second-order valence-electron chi connectivity index (χ2n) is 9.00. The quantitative estimate of drug-likeness (QED) is 0.637. The molecule has 4 rings (SSSR count). The zero-order valence-electron chi connectivity index (χ0n) is 17.9. The van der Waals surface area contributed by atoms with E-state index in [2.05, 4.69) is 12.1 Å². The molecule has 31 heavy (non-hydrogen) atoms. The Hall–Kier alpha value is -2.66. The maximum atomic E-state index is 12.5. The SMILES string of the molecule is O=C(O)c1ccc(CCN2C(=O)CCC2CCC(O)C2(c3ccccc3)CCC2)cc1. The average Bonchev–Trinajstić information content (AvgIpc) is 3.10. The minimum atomic E-state index is -0.931. The summed E-state index contributed by atoms with van der Waals surface area (Å²) in [5.74, 6) is -0.748. The number of aliphatic hydroxyl groups excluding tert-OH is 1. The molecule has 164 valence electrons. The highest BCUT2D eigenvalue weighted by Gasteiger charge is 2.45. The molecule has 2 unspecified atom stereocenters. The number of carbonyl (C=O) groups excluding carboxylic acids is 1. The Labute approximate surface area is 183 Å². The molecule has 2 fully saturated rings. The topological polar surface area (TPSA) is 77.8 Å². The van der Waals surface area contributed by atoms with E-state index in [0.29, 0.717) is 25.8 Å². The van der Waals surface area contributed by atoms with E-state index in [4.69, 9.17) is 5.11 Å². The van der Waals surface area contributed by atoms with E-state index in [1.165, 1.54) is 5.56 Å². The van der Waals surface area contributed by atoms with Crippen LogP contribution in [0.5, 0.6) is 0 Å². The highest BCUT2D eigenvalue weighted by molar-refractivity contribution is 5.87. The number of hydrogen-bond acceptors (Lipinski definition) is 3. The number of hydrogen-bond donors (Lipinski definition) is 2. The summed E-state index contributed by atoms with van der Waals surface area (Å²) in [5.41, 5.74) is 2.41. The predicted octanol–water partition coefficient (Wildman–Crippen LogP) is 4.18. The summed E-state index contributed by atoms with van der Waals surface area (Å²) < 4.78 is 0. The lowest BCUT2D eigenvalue weighted by Crippen LogP contribution is -2.46. The van der Waals surface area contributed by atoms with Gasteiger partial charge in [0, 0.05) is 24.4 Å². The number of aromatic carboxylic acids is 1. The van der Waals surface area contributed by atoms with E-state index in [1.807, 2.05) is 35.2 Å². The molecule has 0 spiro atoms. The minimum absolute atomic E-state index is 0.124. The number of benzene rings is 2. The maximum absolute atomic E-state index is 12.5. The molecule has 1 heterocycles. The molecule has 2 atom stereocenters. The van der Waals surface area contributed by atoms with Crippen molar-refractivity contribution < 1.29 is 19.8 Å². The molecule has 0 bridgehead atoms. The van der Waals surface area contributed by atoms with Gasteiger partial charge in [-0.2, -0.15) is 0 Å². The highest BCUT2D eigenvalue weighted by Crippen LogP contribution is 2.47. The number of carboxylic acid groups (broad SMARTS) is 1. The standard InChI is InChI=1S/C26H31NO4/c28-23(26(16-4-17-26)21-5-2-1-3-6-21)13-11-22-12-14-24(29)27(22)18-15-19-7-9-20(10-8-19)25(30)31/h1-3,5-10,22-23,28H,4,11-18H2,(H,30,31). The number of amides is 1. The van der Waals surface area contributed by atoms with E-state index < -0.39 is 5.97 Å². The molecule has 1 saturated heterocycles. The molecule has 2 aromatic carbocycles. The summed E-state index contributed by atoms with van der Waals surface area (Å²) >= 11 is 0. The van der Waals surface area contributed by atoms with Crippen LogP contribution < -0.4 is 0 Å². The molecule has 5 heteroatoms. The van der Waals surface area contributed by atoms with Gasteiger partial charge in [0.25, 0.3) is 0 Å². The van der Waals surface area contributed by atoms with Crippen molar-refractivity contribution in [3.8, 4) is 0 Å². The van der Waals surface area contributed by atoms with Gasteiger partial charge in [0.1, 0.15) is 0 Å². The van der Waals surface area contributed by atoms with Gasteiger partial charge in [0.05, 0.1) is 11.7 Å². The number of rotatable bonds is 9. The Balaban J connectivity index is 1.34. The molecule has 1 aliphatic heterocycles. The van der Waals surface area contributed by atoms with Crippen LogP contribution in [0.15, 0.2) is 54.6 Å². The van der Waals surface area contributed by atoms with Gasteiger partial charge in [-0.1, -0.05) is 48.9 Å². The van der Waals surface area contributed by atoms with Gasteiger partial charge >= 0.3 is 5.97 Å². The second kappa shape index (κ2) is 9.23. The molecular weight excluding hydrogens is 390 g/mol. The molecule has 5 nitrogen and oxygen atoms in total. The Morgan fingerprint density at radius 3 is 2.42 bits per heavy atom. The summed E-state index contributed by atoms with van der Waals surface area (Å²) in [4.78, 5) is 25.4. The third-order valence-corrected chi connectivity index (χ3v) is 7.30. The predicted molar refractivity (Wildman–Crippen MR) is 119 cm³/mol. The van der Waals surface area contributed by atoms with Crippen LogP contribution in [0, 0.1) is 0 Å². The number of nitrogens with zero attached hydrogens (tertiary/aromatic N) is 1. The van der Waals surface area contributed by atoms with Crippen LogP contribution in [-0.4, -0.2) is 45.7 Å². The van der Waals surface area contributed by atoms with Crippen molar-refractivity contribution in [1.82, 2.24) is 4.90 Å². The van der Waals surface area contributed by atoms with Gasteiger partial charge in [0.2, 0.25) is 5.91 Å². The minimum Gasteiger partial charge on any atom is -0.478 e. The first kappa shape index (κ1) is 21.6. The molecule has 1 aliphatic carbocycles. The molecular formula is C26H31NO4. The highest BCUT2D eigenvalue weighted by atomic mass is 16.4. The van der Waals surface area contributed by atoms with Crippen LogP contribution in [0.25, 0.3) is 0 Å². The van der Waals surface area contributed by atoms with Crippen LogP contribution in [0.3, 0.4) is 0 Å². The monoisotopic (exact) mass is 421 g/mol. The normalized spacial score (nSPS) is 21.0. The van der Waals surface area contributed by atoms with E-state index in [1.54, 1.807) is 12.1 Å². The van der Waals surface area contributed by atoms with Crippen LogP contribution in [-0.2, 0) is 16.6 Å². The van der Waals surface area contributed by atoms with Crippen molar-refractivity contribution >= 4 is 11.9 Å². The van der Waals surface area contributed by atoms with Gasteiger partial charge in [-0.3, -0.25) is 4.79 Å². The zero-order valence-corrected chi connectivity index (χ0v) is 17.9. The molecule has 2 N–H and O–H groups in total. The summed E-state index contributed by atoms with van der Waals surface area (Å²) in [7, 11) is 0. The molecule has 1 amide bonds. The second-order valence-corrected chi connectivity index (χ2v) is 9.00. The summed E-state index contributed by atoms with van der Waals surface area (Å²) in [6.07, 6.45) is 6.47. The first-order valence-electron chi connectivity index (χ1n) is 11.3. The molecule has 0 radical (unpaired) electrons. The summed E-state index contributed by atoms with van der Waals surface area (Å²) in [6.45, 7) is 0.635. The summed E-state index contributed by atoms with van der Waals surface area (Å²) in [6, 6.07) is 17.4. The lowest BCUT2D eigenvalue weighted by molar-refractivity contribution is -0.129. The Morgan fingerprint density at radius 1 is 1.10 bits per heavy atom. The first-order valence-corrected chi connectivity index (χ1v) is 11.3. The van der Waals surface area contributed by atoms with Crippen molar-refractivity contribution in [1.29, 1.82) is 0 Å². The van der Waals surface area contributed by atoms with Crippen LogP contribution in [0.2, 0.25) is 0 Å². The average molecular weight is 422 g/mol. The molecule has 2 aromatic rings. The van der Waals surface area contributed by atoms with Crippen molar-refractivity contribution in [3.63, 3.8) is 0 Å². The van der Waals surface area contributed by atoms with Gasteiger partial charge in [-0.15, -0.1) is 0 Å². The van der Waals surface area contributed by atoms with E-state index in [0.717, 1.165) is 37.7 Å². The largest absolute Gasteiger partial charge is 0.478 e. The fourth-order valence-corrected chi connectivity index (χ4v) is 5.23. The number of likely N-dealkylation sites (tertiary alicyclic amines) is 1.